The summed E-state index contributed by atoms with van der Waals surface area (Å²) in [5.74, 6) is 0. The number of aliphatic hydroxyl groups excluding tert-OH is 1. The second-order valence-corrected chi connectivity index (χ2v) is 5.61. The van der Waals surface area contributed by atoms with Crippen molar-refractivity contribution in [3.63, 3.8) is 0 Å². The Morgan fingerprint density at radius 2 is 2.00 bits per heavy atom. The van der Waals surface area contributed by atoms with Gasteiger partial charge < -0.3 is 5.11 Å². The molecule has 0 saturated heterocycles. The van der Waals surface area contributed by atoms with E-state index in [-0.39, 0.29) is 0 Å². The van der Waals surface area contributed by atoms with E-state index >= 15 is 0 Å². The fourth-order valence-electron chi connectivity index (χ4n) is 2.61. The first-order valence-corrected chi connectivity index (χ1v) is 6.68. The van der Waals surface area contributed by atoms with E-state index < -0.39 is 11.5 Å². The molecule has 3 nitrogen and oxygen atoms in total. The molecule has 0 radical (unpaired) electrons. The van der Waals surface area contributed by atoms with E-state index in [2.05, 4.69) is 11.1 Å². The molecule has 1 aliphatic rings. The molecule has 0 spiro atoms. The average molecular weight is 256 g/mol. The molecule has 0 saturated carbocycles. The van der Waals surface area contributed by atoms with Gasteiger partial charge in [-0.05, 0) is 24.0 Å². The standard InChI is InChI=1S/C14H12N2OS/c15-8-14(13(17)12-7-16-9-18-12)5-10-3-1-2-4-11(10)6-14/h1-4,7,9,13,17H,5-6H2. The average Bonchev–Trinajstić information content (AvgIpc) is 3.05. The Kier molecular flexibility index (Phi) is 2.66. The van der Waals surface area contributed by atoms with Crippen LogP contribution in [-0.4, -0.2) is 10.1 Å². The lowest BCUT2D eigenvalue weighted by molar-refractivity contribution is 0.0723. The van der Waals surface area contributed by atoms with Crippen LogP contribution >= 0.6 is 11.3 Å². The van der Waals surface area contributed by atoms with Crippen LogP contribution in [0.4, 0.5) is 0 Å². The van der Waals surface area contributed by atoms with Gasteiger partial charge in [-0.3, -0.25) is 4.98 Å². The van der Waals surface area contributed by atoms with E-state index in [4.69, 9.17) is 0 Å². The highest BCUT2D eigenvalue weighted by Crippen LogP contribution is 2.46. The minimum atomic E-state index is -0.762. The molecule has 1 unspecified atom stereocenters. The molecular weight excluding hydrogens is 244 g/mol. The highest BCUT2D eigenvalue weighted by Gasteiger charge is 2.44. The summed E-state index contributed by atoms with van der Waals surface area (Å²) in [5.41, 5.74) is 3.28. The molecule has 2 aromatic rings. The predicted octanol–water partition coefficient (Wildman–Crippen LogP) is 2.49. The maximum absolute atomic E-state index is 10.5. The van der Waals surface area contributed by atoms with Crippen LogP contribution in [0.15, 0.2) is 36.0 Å². The summed E-state index contributed by atoms with van der Waals surface area (Å²) in [4.78, 5) is 4.75. The normalized spacial score (nSPS) is 18.0. The lowest BCUT2D eigenvalue weighted by Gasteiger charge is -2.25. The summed E-state index contributed by atoms with van der Waals surface area (Å²) in [5, 5.41) is 20.0. The van der Waals surface area contributed by atoms with Crippen molar-refractivity contribution in [3.05, 3.63) is 52.0 Å². The van der Waals surface area contributed by atoms with Crippen molar-refractivity contribution in [2.24, 2.45) is 5.41 Å². The second-order valence-electron chi connectivity index (χ2n) is 4.70. The molecule has 4 heteroatoms. The Morgan fingerprint density at radius 1 is 1.33 bits per heavy atom. The van der Waals surface area contributed by atoms with E-state index in [1.54, 1.807) is 11.7 Å². The quantitative estimate of drug-likeness (QED) is 0.898. The van der Waals surface area contributed by atoms with Gasteiger partial charge in [-0.25, -0.2) is 0 Å². The Balaban J connectivity index is 1.98. The number of nitriles is 1. The predicted molar refractivity (Wildman–Crippen MR) is 69.0 cm³/mol. The first-order valence-electron chi connectivity index (χ1n) is 5.80. The van der Waals surface area contributed by atoms with Crippen LogP contribution in [0.25, 0.3) is 0 Å². The van der Waals surface area contributed by atoms with E-state index in [0.717, 1.165) is 4.88 Å². The van der Waals surface area contributed by atoms with Gasteiger partial charge in [0.1, 0.15) is 6.10 Å². The minimum Gasteiger partial charge on any atom is -0.386 e. The molecule has 18 heavy (non-hydrogen) atoms. The first-order chi connectivity index (χ1) is 8.75. The maximum atomic E-state index is 10.5. The van der Waals surface area contributed by atoms with Crippen molar-refractivity contribution in [2.75, 3.05) is 0 Å². The molecule has 1 aromatic heterocycles. The Hall–Kier alpha value is -1.70. The monoisotopic (exact) mass is 256 g/mol. The number of aromatic nitrogens is 1. The van der Waals surface area contributed by atoms with Gasteiger partial charge in [-0.1, -0.05) is 24.3 Å². The summed E-state index contributed by atoms with van der Waals surface area (Å²) >= 11 is 1.40. The molecule has 1 aromatic carbocycles. The van der Waals surface area contributed by atoms with Gasteiger partial charge in [0.2, 0.25) is 0 Å². The van der Waals surface area contributed by atoms with Crippen molar-refractivity contribution in [2.45, 2.75) is 18.9 Å². The van der Waals surface area contributed by atoms with Crippen molar-refractivity contribution >= 4 is 11.3 Å². The summed E-state index contributed by atoms with van der Waals surface area (Å²) in [6.07, 6.45) is 2.11. The third-order valence-electron chi connectivity index (χ3n) is 3.60. The lowest BCUT2D eigenvalue weighted by Crippen LogP contribution is -2.27. The van der Waals surface area contributed by atoms with Crippen molar-refractivity contribution in [1.82, 2.24) is 4.98 Å². The van der Waals surface area contributed by atoms with Crippen LogP contribution in [0.5, 0.6) is 0 Å². The van der Waals surface area contributed by atoms with Gasteiger partial charge >= 0.3 is 0 Å². The number of fused-ring (bicyclic) bond motifs is 1. The van der Waals surface area contributed by atoms with Crippen LogP contribution in [-0.2, 0) is 12.8 Å². The molecule has 1 heterocycles. The number of hydrogen-bond donors (Lipinski definition) is 1. The summed E-state index contributed by atoms with van der Waals surface area (Å²) in [7, 11) is 0. The van der Waals surface area contributed by atoms with E-state index in [1.165, 1.54) is 22.5 Å². The molecule has 1 atom stereocenters. The van der Waals surface area contributed by atoms with E-state index in [0.29, 0.717) is 12.8 Å². The second kappa shape index (κ2) is 4.20. The van der Waals surface area contributed by atoms with Crippen LogP contribution in [0, 0.1) is 16.7 Å². The Labute approximate surface area is 109 Å². The minimum absolute atomic E-state index is 0.610. The molecule has 0 aliphatic heterocycles. The van der Waals surface area contributed by atoms with Gasteiger partial charge in [-0.2, -0.15) is 5.26 Å². The summed E-state index contributed by atoms with van der Waals surface area (Å²) < 4.78 is 0. The zero-order valence-electron chi connectivity index (χ0n) is 9.71. The fraction of sp³-hybridized carbons (Fsp3) is 0.286. The Morgan fingerprint density at radius 3 is 2.50 bits per heavy atom. The Bertz CT molecular complexity index is 576. The number of thiazole rings is 1. The van der Waals surface area contributed by atoms with E-state index in [1.807, 2.05) is 24.3 Å². The third-order valence-corrected chi connectivity index (χ3v) is 4.43. The SMILES string of the molecule is N#CC1(C(O)c2cncs2)Cc2ccccc2C1. The number of benzene rings is 1. The molecule has 0 fully saturated rings. The maximum Gasteiger partial charge on any atom is 0.109 e. The smallest absolute Gasteiger partial charge is 0.109 e. The van der Waals surface area contributed by atoms with Crippen molar-refractivity contribution < 1.29 is 5.11 Å². The van der Waals surface area contributed by atoms with E-state index in [9.17, 15) is 10.4 Å². The zero-order chi connectivity index (χ0) is 12.6. The van der Waals surface area contributed by atoms with Gasteiger partial charge in [0.15, 0.2) is 0 Å². The molecule has 3 rings (SSSR count). The molecule has 0 amide bonds. The van der Waals surface area contributed by atoms with Crippen molar-refractivity contribution in [3.8, 4) is 6.07 Å². The zero-order valence-corrected chi connectivity index (χ0v) is 10.5. The lowest BCUT2D eigenvalue weighted by atomic mass is 9.80. The summed E-state index contributed by atoms with van der Waals surface area (Å²) in [6, 6.07) is 10.4. The van der Waals surface area contributed by atoms with Gasteiger partial charge in [-0.15, -0.1) is 11.3 Å². The number of aliphatic hydroxyl groups is 1. The first kappa shape index (κ1) is 11.4. The third kappa shape index (κ3) is 1.64. The summed E-state index contributed by atoms with van der Waals surface area (Å²) in [6.45, 7) is 0. The van der Waals surface area contributed by atoms with Gasteiger partial charge in [0.05, 0.1) is 21.9 Å². The number of nitrogens with zero attached hydrogens (tertiary/aromatic N) is 2. The number of hydrogen-bond acceptors (Lipinski definition) is 4. The highest BCUT2D eigenvalue weighted by molar-refractivity contribution is 7.09. The molecular formula is C14H12N2OS. The van der Waals surface area contributed by atoms with Crippen molar-refractivity contribution in [1.29, 1.82) is 5.26 Å². The van der Waals surface area contributed by atoms with Crippen LogP contribution < -0.4 is 0 Å². The van der Waals surface area contributed by atoms with Gasteiger partial charge in [0, 0.05) is 6.20 Å². The molecule has 1 aliphatic carbocycles. The fourth-order valence-corrected chi connectivity index (χ4v) is 3.33. The number of rotatable bonds is 2. The van der Waals surface area contributed by atoms with Crippen LogP contribution in [0.2, 0.25) is 0 Å². The molecule has 90 valence electrons. The topological polar surface area (TPSA) is 56.9 Å². The van der Waals surface area contributed by atoms with Gasteiger partial charge in [0.25, 0.3) is 0 Å². The molecule has 0 bridgehead atoms. The molecule has 1 N–H and O–H groups in total. The largest absolute Gasteiger partial charge is 0.386 e. The van der Waals surface area contributed by atoms with Crippen LogP contribution in [0.3, 0.4) is 0 Å². The highest BCUT2D eigenvalue weighted by atomic mass is 32.1. The van der Waals surface area contributed by atoms with Crippen LogP contribution in [0.1, 0.15) is 22.1 Å².